The van der Waals surface area contributed by atoms with Crippen LogP contribution in [0.15, 0.2) is 48.5 Å². The first kappa shape index (κ1) is 25.5. The third-order valence-electron chi connectivity index (χ3n) is 4.25. The monoisotopic (exact) mass is 461 g/mol. The molecule has 0 heterocycles. The van der Waals surface area contributed by atoms with Crippen LogP contribution < -0.4 is 14.8 Å². The zero-order valence-corrected chi connectivity index (χ0v) is 18.5. The maximum atomic E-state index is 12.4. The van der Waals surface area contributed by atoms with Gasteiger partial charge in [-0.2, -0.15) is 8.78 Å². The van der Waals surface area contributed by atoms with Crippen molar-refractivity contribution < 1.29 is 37.4 Å². The van der Waals surface area contributed by atoms with Crippen LogP contribution in [-0.4, -0.2) is 38.0 Å². The molecule has 9 heteroatoms. The molecule has 0 aromatic heterocycles. The fraction of sp³-hybridized carbons (Fsp3) is 0.292. The lowest BCUT2D eigenvalue weighted by atomic mass is 10.1. The smallest absolute Gasteiger partial charge is 0.387 e. The molecule has 0 aliphatic carbocycles. The van der Waals surface area contributed by atoms with Gasteiger partial charge in [-0.05, 0) is 54.0 Å². The maximum Gasteiger partial charge on any atom is 0.387 e. The highest BCUT2D eigenvalue weighted by molar-refractivity contribution is 5.99. The first-order chi connectivity index (χ1) is 15.7. The molecule has 0 aliphatic heterocycles. The number of carbonyl (C=O) groups excluding carboxylic acids is 3. The number of halogens is 2. The largest absolute Gasteiger partial charge is 0.493 e. The van der Waals surface area contributed by atoms with Gasteiger partial charge < -0.3 is 19.5 Å². The summed E-state index contributed by atoms with van der Waals surface area (Å²) in [5, 5.41) is 2.74. The summed E-state index contributed by atoms with van der Waals surface area (Å²) in [4.78, 5) is 35.9. The van der Waals surface area contributed by atoms with E-state index < -0.39 is 25.0 Å². The summed E-state index contributed by atoms with van der Waals surface area (Å²) in [5.41, 5.74) is 1.37. The zero-order valence-electron chi connectivity index (χ0n) is 18.5. The molecule has 0 saturated carbocycles. The molecule has 7 nitrogen and oxygen atoms in total. The molecule has 0 spiro atoms. The number of ketones is 1. The van der Waals surface area contributed by atoms with Gasteiger partial charge in [0.05, 0.1) is 7.11 Å². The van der Waals surface area contributed by atoms with E-state index in [1.54, 1.807) is 12.1 Å². The topological polar surface area (TPSA) is 90.9 Å². The number of nitrogens with one attached hydrogen (secondary N) is 1. The minimum atomic E-state index is -2.99. The third kappa shape index (κ3) is 8.72. The van der Waals surface area contributed by atoms with Crippen molar-refractivity contribution in [2.75, 3.05) is 19.0 Å². The summed E-state index contributed by atoms with van der Waals surface area (Å²) in [5.74, 6) is -1.11. The van der Waals surface area contributed by atoms with E-state index in [9.17, 15) is 23.2 Å². The van der Waals surface area contributed by atoms with Gasteiger partial charge in [-0.15, -0.1) is 0 Å². The van der Waals surface area contributed by atoms with Crippen LogP contribution in [0.25, 0.3) is 6.08 Å². The van der Waals surface area contributed by atoms with Gasteiger partial charge in [0.1, 0.15) is 0 Å². The second-order valence-corrected chi connectivity index (χ2v) is 7.38. The molecule has 33 heavy (non-hydrogen) atoms. The molecule has 2 rings (SSSR count). The van der Waals surface area contributed by atoms with Crippen LogP contribution in [0.1, 0.15) is 36.2 Å². The SMILES string of the molecule is COc1cc(/C=C/C(=O)OCC(=O)c2ccc(NC(=O)CC(C)C)cc2)ccc1OC(F)F. The standard InChI is InChI=1S/C24H25F2NO6/c1-15(2)12-22(29)27-18-8-6-17(7-9-18)19(28)14-32-23(30)11-5-16-4-10-20(33-24(25)26)21(13-16)31-3/h4-11,13,15,24H,12,14H2,1-3H3,(H,27,29)/b11-5+. The van der Waals surface area contributed by atoms with E-state index in [4.69, 9.17) is 9.47 Å². The van der Waals surface area contributed by atoms with Crippen LogP contribution in [-0.2, 0) is 14.3 Å². The molecule has 176 valence electrons. The summed E-state index contributed by atoms with van der Waals surface area (Å²) >= 11 is 0. The number of benzene rings is 2. The quantitative estimate of drug-likeness (QED) is 0.296. The van der Waals surface area contributed by atoms with Gasteiger partial charge in [0, 0.05) is 23.7 Å². The average molecular weight is 461 g/mol. The lowest BCUT2D eigenvalue weighted by molar-refractivity contribution is -0.136. The van der Waals surface area contributed by atoms with Crippen LogP contribution in [0.5, 0.6) is 11.5 Å². The van der Waals surface area contributed by atoms with Crippen LogP contribution in [0.3, 0.4) is 0 Å². The van der Waals surface area contributed by atoms with Crippen LogP contribution in [0, 0.1) is 5.92 Å². The average Bonchev–Trinajstić information content (AvgIpc) is 2.76. The maximum absolute atomic E-state index is 12.4. The fourth-order valence-corrected chi connectivity index (χ4v) is 2.74. The van der Waals surface area contributed by atoms with Crippen molar-refractivity contribution >= 4 is 29.4 Å². The van der Waals surface area contributed by atoms with E-state index in [1.807, 2.05) is 13.8 Å². The summed E-state index contributed by atoms with van der Waals surface area (Å²) in [6.45, 7) is 0.423. The Kier molecular flexibility index (Phi) is 9.53. The number of hydrogen-bond donors (Lipinski definition) is 1. The molecule has 0 unspecified atom stereocenters. The van der Waals surface area contributed by atoms with Crippen LogP contribution >= 0.6 is 0 Å². The van der Waals surface area contributed by atoms with Crippen molar-refractivity contribution in [3.8, 4) is 11.5 Å². The van der Waals surface area contributed by atoms with Gasteiger partial charge >= 0.3 is 12.6 Å². The van der Waals surface area contributed by atoms with Crippen LogP contribution in [0.4, 0.5) is 14.5 Å². The molecule has 0 saturated heterocycles. The highest BCUT2D eigenvalue weighted by Gasteiger charge is 2.12. The lowest BCUT2D eigenvalue weighted by Gasteiger charge is -2.10. The Morgan fingerprint density at radius 3 is 2.33 bits per heavy atom. The van der Waals surface area contributed by atoms with Gasteiger partial charge in [-0.3, -0.25) is 9.59 Å². The number of alkyl halides is 2. The molecule has 2 aromatic carbocycles. The highest BCUT2D eigenvalue weighted by Crippen LogP contribution is 2.29. The Morgan fingerprint density at radius 2 is 1.73 bits per heavy atom. The van der Waals surface area contributed by atoms with Crippen molar-refractivity contribution in [3.63, 3.8) is 0 Å². The summed E-state index contributed by atoms with van der Waals surface area (Å²) in [7, 11) is 1.30. The van der Waals surface area contributed by atoms with E-state index in [0.29, 0.717) is 23.2 Å². The van der Waals surface area contributed by atoms with E-state index in [0.717, 1.165) is 6.08 Å². The number of anilines is 1. The van der Waals surface area contributed by atoms with Gasteiger partial charge in [0.2, 0.25) is 5.91 Å². The van der Waals surface area contributed by atoms with Gasteiger partial charge in [0.15, 0.2) is 23.9 Å². The summed E-state index contributed by atoms with van der Waals surface area (Å²) in [6, 6.07) is 10.4. The van der Waals surface area contributed by atoms with E-state index in [-0.39, 0.29) is 23.3 Å². The fourth-order valence-electron chi connectivity index (χ4n) is 2.74. The Balaban J connectivity index is 1.88. The minimum absolute atomic E-state index is 0.0739. The van der Waals surface area contributed by atoms with Gasteiger partial charge in [-0.25, -0.2) is 4.79 Å². The lowest BCUT2D eigenvalue weighted by Crippen LogP contribution is -2.14. The van der Waals surface area contributed by atoms with Crippen LogP contribution in [0.2, 0.25) is 0 Å². The Morgan fingerprint density at radius 1 is 1.03 bits per heavy atom. The number of amides is 1. The first-order valence-electron chi connectivity index (χ1n) is 10.1. The molecule has 1 N–H and O–H groups in total. The molecule has 2 aromatic rings. The molecule has 1 amide bonds. The van der Waals surface area contributed by atoms with E-state index in [2.05, 4.69) is 10.1 Å². The normalized spacial score (nSPS) is 11.0. The molecule has 0 radical (unpaired) electrons. The number of carbonyl (C=O) groups is 3. The molecule has 0 atom stereocenters. The van der Waals surface area contributed by atoms with E-state index >= 15 is 0 Å². The van der Waals surface area contributed by atoms with Gasteiger partial charge in [-0.1, -0.05) is 19.9 Å². The number of hydrogen-bond acceptors (Lipinski definition) is 6. The predicted octanol–water partition coefficient (Wildman–Crippen LogP) is 4.72. The number of Topliss-reactive ketones (excluding diaryl/α,β-unsaturated/α-hetero) is 1. The van der Waals surface area contributed by atoms with Gasteiger partial charge in [0.25, 0.3) is 0 Å². The van der Waals surface area contributed by atoms with Crippen molar-refractivity contribution in [2.24, 2.45) is 5.92 Å². The second-order valence-electron chi connectivity index (χ2n) is 7.38. The molecular formula is C24H25F2NO6. The molecule has 0 aliphatic rings. The number of ether oxygens (including phenoxy) is 3. The van der Waals surface area contributed by atoms with Crippen molar-refractivity contribution in [3.05, 3.63) is 59.7 Å². The third-order valence-corrected chi connectivity index (χ3v) is 4.25. The van der Waals surface area contributed by atoms with Crippen molar-refractivity contribution in [1.82, 2.24) is 0 Å². The molecule has 0 bridgehead atoms. The summed E-state index contributed by atoms with van der Waals surface area (Å²) < 4.78 is 39.0. The highest BCUT2D eigenvalue weighted by atomic mass is 19.3. The zero-order chi connectivity index (χ0) is 24.4. The molecule has 0 fully saturated rings. The summed E-state index contributed by atoms with van der Waals surface area (Å²) in [6.07, 6.45) is 2.88. The number of rotatable bonds is 11. The first-order valence-corrected chi connectivity index (χ1v) is 10.1. The minimum Gasteiger partial charge on any atom is -0.493 e. The molecular weight excluding hydrogens is 436 g/mol. The van der Waals surface area contributed by atoms with Crippen molar-refractivity contribution in [1.29, 1.82) is 0 Å². The Labute approximate surface area is 190 Å². The van der Waals surface area contributed by atoms with E-state index in [1.165, 1.54) is 43.5 Å². The second kappa shape index (κ2) is 12.3. The Hall–Kier alpha value is -3.75. The van der Waals surface area contributed by atoms with Crippen molar-refractivity contribution in [2.45, 2.75) is 26.9 Å². The number of methoxy groups -OCH3 is 1. The Bertz CT molecular complexity index is 1000. The number of esters is 1. The predicted molar refractivity (Wildman–Crippen MR) is 118 cm³/mol.